The van der Waals surface area contributed by atoms with Gasteiger partial charge in [0.25, 0.3) is 0 Å². The van der Waals surface area contributed by atoms with Gasteiger partial charge >= 0.3 is 0 Å². The van der Waals surface area contributed by atoms with Crippen molar-refractivity contribution in [3.05, 3.63) is 35.4 Å². The predicted octanol–water partition coefficient (Wildman–Crippen LogP) is 2.82. The molecule has 0 aromatic heterocycles. The number of aryl methyl sites for hydroxylation is 1. The molecule has 0 saturated carbocycles. The quantitative estimate of drug-likeness (QED) is 0.808. The molecule has 5 heteroatoms. The molecule has 0 heterocycles. The van der Waals surface area contributed by atoms with Crippen LogP contribution < -0.4 is 5.73 Å². The summed E-state index contributed by atoms with van der Waals surface area (Å²) in [5.41, 5.74) is 7.21. The highest BCUT2D eigenvalue weighted by molar-refractivity contribution is 5.86. The highest BCUT2D eigenvalue weighted by Gasteiger charge is 2.32. The van der Waals surface area contributed by atoms with Gasteiger partial charge in [-0.2, -0.15) is 0 Å². The molecule has 1 aromatic rings. The lowest BCUT2D eigenvalue weighted by Gasteiger charge is -2.32. The second-order valence-electron chi connectivity index (χ2n) is 5.94. The average molecular weight is 329 g/mol. The molecule has 0 spiro atoms. The molecule has 0 fully saturated rings. The molecule has 1 rings (SSSR count). The minimum Gasteiger partial charge on any atom is -0.387 e. The summed E-state index contributed by atoms with van der Waals surface area (Å²) in [5.74, 6) is -0.0991. The van der Waals surface area contributed by atoms with Gasteiger partial charge in [-0.05, 0) is 32.8 Å². The van der Waals surface area contributed by atoms with Crippen LogP contribution in [0.5, 0.6) is 0 Å². The predicted molar refractivity (Wildman–Crippen MR) is 93.1 cm³/mol. The largest absolute Gasteiger partial charge is 0.387 e. The molecule has 0 radical (unpaired) electrons. The van der Waals surface area contributed by atoms with E-state index in [1.807, 2.05) is 45.0 Å². The third-order valence-corrected chi connectivity index (χ3v) is 3.78. The molecule has 0 bridgehead atoms. The monoisotopic (exact) mass is 328 g/mol. The molecule has 0 saturated heterocycles. The zero-order valence-corrected chi connectivity index (χ0v) is 14.8. The van der Waals surface area contributed by atoms with Crippen LogP contribution in [-0.2, 0) is 4.79 Å². The van der Waals surface area contributed by atoms with E-state index in [4.69, 9.17) is 5.73 Å². The third kappa shape index (κ3) is 5.59. The minimum atomic E-state index is -0.863. The summed E-state index contributed by atoms with van der Waals surface area (Å²) >= 11 is 0. The molecule has 1 aromatic carbocycles. The molecule has 22 heavy (non-hydrogen) atoms. The van der Waals surface area contributed by atoms with Crippen molar-refractivity contribution in [2.24, 2.45) is 5.73 Å². The van der Waals surface area contributed by atoms with Crippen LogP contribution in [0.4, 0.5) is 0 Å². The van der Waals surface area contributed by atoms with E-state index < -0.39 is 11.6 Å². The molecular weight excluding hydrogens is 300 g/mol. The second-order valence-corrected chi connectivity index (χ2v) is 5.94. The fraction of sp³-hybridized carbons (Fsp3) is 0.588. The number of likely N-dealkylation sites (N-methyl/N-ethyl adjacent to an activating group) is 1. The van der Waals surface area contributed by atoms with Crippen molar-refractivity contribution >= 4 is 18.3 Å². The van der Waals surface area contributed by atoms with Crippen LogP contribution >= 0.6 is 12.4 Å². The molecule has 2 unspecified atom stereocenters. The van der Waals surface area contributed by atoms with Gasteiger partial charge in [0.1, 0.15) is 0 Å². The number of hydrogen-bond donors (Lipinski definition) is 2. The topological polar surface area (TPSA) is 66.6 Å². The molecule has 0 aliphatic heterocycles. The standard InChI is InChI=1S/C17H28N2O2.ClH/c1-5-11-17(4,18)16(21)19(6-2)12-15(20)14-9-7-13(3)8-10-14;/h7-10,15,20H,5-6,11-12,18H2,1-4H3;1H. The van der Waals surface area contributed by atoms with Crippen LogP contribution in [0.1, 0.15) is 50.8 Å². The molecule has 126 valence electrons. The van der Waals surface area contributed by atoms with Gasteiger partial charge in [-0.1, -0.05) is 43.2 Å². The lowest BCUT2D eigenvalue weighted by Crippen LogP contribution is -2.54. The van der Waals surface area contributed by atoms with Crippen LogP contribution in [0, 0.1) is 6.92 Å². The summed E-state index contributed by atoms with van der Waals surface area (Å²) in [7, 11) is 0. The van der Waals surface area contributed by atoms with Crippen molar-refractivity contribution in [2.75, 3.05) is 13.1 Å². The first kappa shape index (κ1) is 20.9. The highest BCUT2D eigenvalue weighted by Crippen LogP contribution is 2.18. The Hall–Kier alpha value is -1.10. The van der Waals surface area contributed by atoms with Crippen molar-refractivity contribution in [1.29, 1.82) is 0 Å². The third-order valence-electron chi connectivity index (χ3n) is 3.78. The van der Waals surface area contributed by atoms with Gasteiger partial charge in [0, 0.05) is 6.54 Å². The van der Waals surface area contributed by atoms with Crippen LogP contribution in [0.25, 0.3) is 0 Å². The molecule has 4 nitrogen and oxygen atoms in total. The Labute approximate surface area is 140 Å². The number of hydrogen-bond acceptors (Lipinski definition) is 3. The molecule has 3 N–H and O–H groups in total. The number of amides is 1. The molecule has 0 aliphatic rings. The van der Waals surface area contributed by atoms with Gasteiger partial charge in [0.2, 0.25) is 5.91 Å². The summed E-state index contributed by atoms with van der Waals surface area (Å²) in [5, 5.41) is 10.3. The number of nitrogens with two attached hydrogens (primary N) is 1. The summed E-state index contributed by atoms with van der Waals surface area (Å²) in [6.45, 7) is 8.49. The van der Waals surface area contributed by atoms with E-state index in [0.717, 1.165) is 17.5 Å². The van der Waals surface area contributed by atoms with Gasteiger partial charge in [0.15, 0.2) is 0 Å². The zero-order valence-electron chi connectivity index (χ0n) is 14.0. The van der Waals surface area contributed by atoms with Crippen molar-refractivity contribution in [2.45, 2.75) is 52.2 Å². The van der Waals surface area contributed by atoms with Gasteiger partial charge in [-0.25, -0.2) is 0 Å². The van der Waals surface area contributed by atoms with E-state index in [1.165, 1.54) is 0 Å². The Kier molecular flexibility index (Phi) is 8.68. The maximum absolute atomic E-state index is 12.5. The first-order valence-electron chi connectivity index (χ1n) is 7.64. The van der Waals surface area contributed by atoms with Gasteiger partial charge in [0.05, 0.1) is 18.2 Å². The smallest absolute Gasteiger partial charge is 0.242 e. The molecule has 1 amide bonds. The van der Waals surface area contributed by atoms with E-state index in [9.17, 15) is 9.90 Å². The van der Waals surface area contributed by atoms with E-state index in [1.54, 1.807) is 11.8 Å². The van der Waals surface area contributed by atoms with Crippen LogP contribution in [0.3, 0.4) is 0 Å². The van der Waals surface area contributed by atoms with Gasteiger partial charge < -0.3 is 15.7 Å². The number of rotatable bonds is 7. The lowest BCUT2D eigenvalue weighted by molar-refractivity contribution is -0.138. The fourth-order valence-electron chi connectivity index (χ4n) is 2.45. The lowest BCUT2D eigenvalue weighted by atomic mass is 9.95. The first-order valence-corrected chi connectivity index (χ1v) is 7.64. The maximum Gasteiger partial charge on any atom is 0.242 e. The number of carbonyl (C=O) groups excluding carboxylic acids is 1. The van der Waals surface area contributed by atoms with Crippen LogP contribution in [0.2, 0.25) is 0 Å². The molecular formula is C17H29ClN2O2. The number of halogens is 1. The average Bonchev–Trinajstić information content (AvgIpc) is 2.44. The fourth-order valence-corrected chi connectivity index (χ4v) is 2.45. The van der Waals surface area contributed by atoms with Crippen LogP contribution in [-0.4, -0.2) is 34.5 Å². The van der Waals surface area contributed by atoms with Crippen molar-refractivity contribution in [3.63, 3.8) is 0 Å². The summed E-state index contributed by atoms with van der Waals surface area (Å²) in [6, 6.07) is 7.71. The zero-order chi connectivity index (χ0) is 16.0. The van der Waals surface area contributed by atoms with E-state index in [-0.39, 0.29) is 24.9 Å². The van der Waals surface area contributed by atoms with E-state index in [2.05, 4.69) is 0 Å². The SMILES string of the molecule is CCCC(C)(N)C(=O)N(CC)CC(O)c1ccc(C)cc1.Cl. The van der Waals surface area contributed by atoms with Crippen molar-refractivity contribution < 1.29 is 9.90 Å². The Morgan fingerprint density at radius 3 is 2.32 bits per heavy atom. The van der Waals surface area contributed by atoms with Crippen molar-refractivity contribution in [3.8, 4) is 0 Å². The maximum atomic E-state index is 12.5. The van der Waals surface area contributed by atoms with E-state index in [0.29, 0.717) is 13.0 Å². The van der Waals surface area contributed by atoms with Crippen LogP contribution in [0.15, 0.2) is 24.3 Å². The Balaban J connectivity index is 0.00000441. The number of benzene rings is 1. The normalized spacial score (nSPS) is 14.6. The summed E-state index contributed by atoms with van der Waals surface area (Å²) in [4.78, 5) is 14.1. The second kappa shape index (κ2) is 9.13. The van der Waals surface area contributed by atoms with Gasteiger partial charge in [-0.15, -0.1) is 12.4 Å². The summed E-state index contributed by atoms with van der Waals surface area (Å²) in [6.07, 6.45) is 0.812. The van der Waals surface area contributed by atoms with Gasteiger partial charge in [-0.3, -0.25) is 4.79 Å². The van der Waals surface area contributed by atoms with E-state index >= 15 is 0 Å². The Bertz CT molecular complexity index is 460. The Morgan fingerprint density at radius 1 is 1.32 bits per heavy atom. The number of nitrogens with zero attached hydrogens (tertiary/aromatic N) is 1. The number of aliphatic hydroxyl groups excluding tert-OH is 1. The minimum absolute atomic E-state index is 0. The molecule has 2 atom stereocenters. The molecule has 0 aliphatic carbocycles. The van der Waals surface area contributed by atoms with Crippen molar-refractivity contribution in [1.82, 2.24) is 4.90 Å². The summed E-state index contributed by atoms with van der Waals surface area (Å²) < 4.78 is 0. The number of aliphatic hydroxyl groups is 1. The Morgan fingerprint density at radius 2 is 1.86 bits per heavy atom. The highest BCUT2D eigenvalue weighted by atomic mass is 35.5. The number of carbonyl (C=O) groups is 1. The first-order chi connectivity index (χ1) is 9.81.